The Morgan fingerprint density at radius 1 is 0.800 bits per heavy atom. The molecule has 3 aliphatic rings. The number of urea groups is 1. The summed E-state index contributed by atoms with van der Waals surface area (Å²) in [5.74, 6) is 2.06. The third-order valence-corrected chi connectivity index (χ3v) is 9.23. The van der Waals surface area contributed by atoms with Crippen LogP contribution in [0.3, 0.4) is 0 Å². The Kier molecular flexibility index (Phi) is 9.41. The number of amides is 2. The lowest BCUT2D eigenvalue weighted by molar-refractivity contribution is 0.0982. The summed E-state index contributed by atoms with van der Waals surface area (Å²) in [7, 11) is 2.21. The Morgan fingerprint density at radius 2 is 1.51 bits per heavy atom. The van der Waals surface area contributed by atoms with Gasteiger partial charge in [0.25, 0.3) is 0 Å². The number of piperidine rings is 1. The molecule has 2 amide bonds. The van der Waals surface area contributed by atoms with Crippen LogP contribution in [0, 0.1) is 6.92 Å². The van der Waals surface area contributed by atoms with Crippen molar-refractivity contribution in [1.82, 2.24) is 29.7 Å². The molecule has 12 nitrogen and oxygen atoms in total. The summed E-state index contributed by atoms with van der Waals surface area (Å²) in [5.41, 5.74) is 3.42. The number of nitrogens with zero attached hydrogens (tertiary/aromatic N) is 8. The number of carbonyl (C=O) groups excluding carboxylic acids is 2. The molecule has 12 heteroatoms. The topological polar surface area (TPSA) is 113 Å². The van der Waals surface area contributed by atoms with Crippen LogP contribution in [0.1, 0.15) is 35.7 Å². The number of nitrogens with one attached hydrogen (secondary N) is 2. The van der Waals surface area contributed by atoms with Crippen LogP contribution in [-0.4, -0.2) is 120 Å². The van der Waals surface area contributed by atoms with E-state index in [1.54, 1.807) is 29.2 Å². The Morgan fingerprint density at radius 3 is 2.16 bits per heavy atom. The lowest BCUT2D eigenvalue weighted by atomic mass is 10.0. The normalized spacial score (nSPS) is 18.6. The van der Waals surface area contributed by atoms with E-state index in [1.165, 1.54) is 45.9 Å². The Labute approximate surface area is 265 Å². The number of rotatable bonds is 7. The van der Waals surface area contributed by atoms with Gasteiger partial charge in [0.15, 0.2) is 5.78 Å². The van der Waals surface area contributed by atoms with Gasteiger partial charge in [0.1, 0.15) is 11.6 Å². The molecule has 5 heterocycles. The summed E-state index contributed by atoms with van der Waals surface area (Å²) in [5, 5.41) is 6.20. The first kappa shape index (κ1) is 30.7. The Balaban J connectivity index is 0.996. The zero-order chi connectivity index (χ0) is 31.3. The van der Waals surface area contributed by atoms with Crippen molar-refractivity contribution in [3.05, 3.63) is 59.9 Å². The highest BCUT2D eigenvalue weighted by Crippen LogP contribution is 2.25. The van der Waals surface area contributed by atoms with E-state index in [2.05, 4.69) is 53.3 Å². The van der Waals surface area contributed by atoms with Gasteiger partial charge in [0.05, 0.1) is 11.9 Å². The number of benzene rings is 1. The molecule has 3 saturated heterocycles. The molecular formula is C33H44N10O2. The lowest BCUT2D eigenvalue weighted by Gasteiger charge is -2.42. The van der Waals surface area contributed by atoms with E-state index in [0.29, 0.717) is 55.2 Å². The summed E-state index contributed by atoms with van der Waals surface area (Å²) in [6.45, 7) is 12.8. The number of Topliss-reactive ketones (excluding diaryl/α,β-unsaturated/α-hetero) is 1. The third kappa shape index (κ3) is 7.51. The van der Waals surface area contributed by atoms with Gasteiger partial charge < -0.3 is 30.2 Å². The van der Waals surface area contributed by atoms with Gasteiger partial charge in [-0.1, -0.05) is 0 Å². The maximum atomic E-state index is 12.8. The molecule has 0 unspecified atom stereocenters. The Bertz CT molecular complexity index is 1460. The maximum absolute atomic E-state index is 12.8. The van der Waals surface area contributed by atoms with Crippen LogP contribution in [-0.2, 0) is 0 Å². The number of piperazine rings is 2. The fourth-order valence-electron chi connectivity index (χ4n) is 6.36. The van der Waals surface area contributed by atoms with Crippen LogP contribution in [0.25, 0.3) is 0 Å². The molecule has 0 bridgehead atoms. The fraction of sp³-hybridized carbons (Fsp3) is 0.485. The molecule has 6 rings (SSSR count). The minimum absolute atomic E-state index is 0.000675. The number of ketones is 1. The highest BCUT2D eigenvalue weighted by molar-refractivity contribution is 5.95. The summed E-state index contributed by atoms with van der Waals surface area (Å²) in [4.78, 5) is 49.9. The van der Waals surface area contributed by atoms with Gasteiger partial charge in [-0.3, -0.25) is 9.69 Å². The molecule has 3 aliphatic heterocycles. The molecule has 1 aromatic carbocycles. The summed E-state index contributed by atoms with van der Waals surface area (Å²) >= 11 is 0. The number of pyridine rings is 1. The second-order valence-electron chi connectivity index (χ2n) is 12.3. The van der Waals surface area contributed by atoms with Crippen molar-refractivity contribution in [2.24, 2.45) is 0 Å². The molecule has 0 atom stereocenters. The van der Waals surface area contributed by atoms with Crippen molar-refractivity contribution in [2.75, 3.05) is 92.9 Å². The lowest BCUT2D eigenvalue weighted by Crippen LogP contribution is -2.52. The van der Waals surface area contributed by atoms with Gasteiger partial charge in [-0.15, -0.1) is 0 Å². The van der Waals surface area contributed by atoms with Crippen LogP contribution < -0.4 is 20.4 Å². The van der Waals surface area contributed by atoms with Crippen molar-refractivity contribution in [3.8, 4) is 0 Å². The van der Waals surface area contributed by atoms with E-state index < -0.39 is 0 Å². The zero-order valence-corrected chi connectivity index (χ0v) is 26.6. The third-order valence-electron chi connectivity index (χ3n) is 9.23. The number of hydrogen-bond donors (Lipinski definition) is 2. The summed E-state index contributed by atoms with van der Waals surface area (Å²) < 4.78 is 0. The first-order valence-electron chi connectivity index (χ1n) is 16.0. The van der Waals surface area contributed by atoms with Gasteiger partial charge >= 0.3 is 6.03 Å². The predicted octanol–water partition coefficient (Wildman–Crippen LogP) is 3.70. The first-order valence-corrected chi connectivity index (χ1v) is 16.0. The number of aromatic nitrogens is 3. The molecule has 0 spiro atoms. The quantitative estimate of drug-likeness (QED) is 0.383. The maximum Gasteiger partial charge on any atom is 0.321 e. The second-order valence-corrected chi connectivity index (χ2v) is 12.3. The van der Waals surface area contributed by atoms with Gasteiger partial charge in [-0.2, -0.15) is 4.98 Å². The zero-order valence-electron chi connectivity index (χ0n) is 26.6. The van der Waals surface area contributed by atoms with Crippen LogP contribution in [0.4, 0.5) is 33.8 Å². The highest BCUT2D eigenvalue weighted by atomic mass is 16.2. The van der Waals surface area contributed by atoms with E-state index in [-0.39, 0.29) is 11.8 Å². The summed E-state index contributed by atoms with van der Waals surface area (Å²) in [6, 6.07) is 11.6. The number of carbonyl (C=O) groups is 2. The molecule has 3 aromatic rings. The molecule has 238 valence electrons. The van der Waals surface area contributed by atoms with Crippen LogP contribution >= 0.6 is 0 Å². The van der Waals surface area contributed by atoms with E-state index in [1.807, 2.05) is 25.4 Å². The number of aryl methyl sites for hydroxylation is 1. The largest absolute Gasteiger partial charge is 0.370 e. The standard InChI is InChI=1S/C33H44N10O2/c1-24-22-35-32(37-30-9-8-29(23-34-30)40-12-10-28(11-13-40)41-16-14-39(3)15-17-41)38-31(24)42-18-20-43(21-19-42)33(45)36-27-6-4-26(5-7-27)25(2)44/h4-9,22-23,28H,10-21H2,1-3H3,(H,36,45)(H,34,35,37,38). The van der Waals surface area contributed by atoms with Gasteiger partial charge in [0, 0.05) is 94.5 Å². The van der Waals surface area contributed by atoms with Gasteiger partial charge in [-0.05, 0) is 70.1 Å². The van der Waals surface area contributed by atoms with Crippen molar-refractivity contribution in [3.63, 3.8) is 0 Å². The molecule has 0 aliphatic carbocycles. The van der Waals surface area contributed by atoms with E-state index >= 15 is 0 Å². The molecule has 45 heavy (non-hydrogen) atoms. The second kappa shape index (κ2) is 13.8. The van der Waals surface area contributed by atoms with Gasteiger partial charge in [-0.25, -0.2) is 14.8 Å². The molecule has 2 aromatic heterocycles. The SMILES string of the molecule is CC(=O)c1ccc(NC(=O)N2CCN(c3nc(Nc4ccc(N5CCC(N6CCN(C)CC6)CC5)cn4)ncc3C)CC2)cc1. The molecular weight excluding hydrogens is 568 g/mol. The smallest absolute Gasteiger partial charge is 0.321 e. The Hall–Kier alpha value is -4.29. The first-order chi connectivity index (χ1) is 21.8. The fourth-order valence-corrected chi connectivity index (χ4v) is 6.36. The monoisotopic (exact) mass is 612 g/mol. The molecule has 0 radical (unpaired) electrons. The van der Waals surface area contributed by atoms with E-state index in [9.17, 15) is 9.59 Å². The van der Waals surface area contributed by atoms with Crippen molar-refractivity contribution >= 4 is 40.8 Å². The van der Waals surface area contributed by atoms with Crippen molar-refractivity contribution in [2.45, 2.75) is 32.7 Å². The van der Waals surface area contributed by atoms with Crippen LogP contribution in [0.5, 0.6) is 0 Å². The van der Waals surface area contributed by atoms with Crippen molar-refractivity contribution < 1.29 is 9.59 Å². The molecule has 0 saturated carbocycles. The number of hydrogen-bond acceptors (Lipinski definition) is 10. The van der Waals surface area contributed by atoms with E-state index in [4.69, 9.17) is 4.98 Å². The van der Waals surface area contributed by atoms with E-state index in [0.717, 1.165) is 30.2 Å². The minimum atomic E-state index is -0.152. The van der Waals surface area contributed by atoms with Crippen LogP contribution in [0.15, 0.2) is 48.8 Å². The summed E-state index contributed by atoms with van der Waals surface area (Å²) in [6.07, 6.45) is 6.15. The average molecular weight is 613 g/mol. The predicted molar refractivity (Wildman–Crippen MR) is 178 cm³/mol. The molecule has 3 fully saturated rings. The number of likely N-dealkylation sites (N-methyl/N-ethyl adjacent to an activating group) is 1. The minimum Gasteiger partial charge on any atom is -0.370 e. The van der Waals surface area contributed by atoms with Crippen LogP contribution in [0.2, 0.25) is 0 Å². The molecule has 2 N–H and O–H groups in total. The van der Waals surface area contributed by atoms with Crippen molar-refractivity contribution in [1.29, 1.82) is 0 Å². The highest BCUT2D eigenvalue weighted by Gasteiger charge is 2.27. The average Bonchev–Trinajstić information content (AvgIpc) is 3.07. The van der Waals surface area contributed by atoms with Gasteiger partial charge in [0.2, 0.25) is 5.95 Å². The number of anilines is 5.